The van der Waals surface area contributed by atoms with E-state index in [9.17, 15) is 4.21 Å². The van der Waals surface area contributed by atoms with Gasteiger partial charge in [0.2, 0.25) is 5.16 Å². The fourth-order valence-corrected chi connectivity index (χ4v) is 4.64. The number of nitrogens with one attached hydrogen (secondary N) is 2. The highest BCUT2D eigenvalue weighted by Gasteiger charge is 2.18. The van der Waals surface area contributed by atoms with Crippen LogP contribution in [0.4, 0.5) is 11.6 Å². The minimum Gasteiger partial charge on any atom is -0.366 e. The van der Waals surface area contributed by atoms with Crippen LogP contribution < -0.4 is 10.6 Å². The quantitative estimate of drug-likeness (QED) is 0.458. The van der Waals surface area contributed by atoms with Crippen molar-refractivity contribution in [3.05, 3.63) is 23.5 Å². The third-order valence-electron chi connectivity index (χ3n) is 5.61. The summed E-state index contributed by atoms with van der Waals surface area (Å²) in [7, 11) is -1.22. The van der Waals surface area contributed by atoms with Crippen LogP contribution in [0.25, 0.3) is 0 Å². The van der Waals surface area contributed by atoms with Crippen molar-refractivity contribution in [3.8, 4) is 12.1 Å². The summed E-state index contributed by atoms with van der Waals surface area (Å²) in [5, 5.41) is 25.5. The van der Waals surface area contributed by atoms with Crippen LogP contribution in [0.15, 0.2) is 22.7 Å². The highest BCUT2D eigenvalue weighted by molar-refractivity contribution is 7.98. The lowest BCUT2D eigenvalue weighted by Crippen LogP contribution is -2.17. The second-order valence-electron chi connectivity index (χ2n) is 7.96. The van der Waals surface area contributed by atoms with Crippen molar-refractivity contribution in [1.29, 1.82) is 10.5 Å². The lowest BCUT2D eigenvalue weighted by Gasteiger charge is -2.13. The van der Waals surface area contributed by atoms with E-state index in [0.29, 0.717) is 40.0 Å². The number of rotatable bonds is 6. The second kappa shape index (κ2) is 12.5. The van der Waals surface area contributed by atoms with Crippen LogP contribution in [0.2, 0.25) is 0 Å². The summed E-state index contributed by atoms with van der Waals surface area (Å²) in [6.07, 6.45) is 16.0. The van der Waals surface area contributed by atoms with E-state index in [4.69, 9.17) is 10.5 Å². The zero-order valence-electron chi connectivity index (χ0n) is 18.9. The molecule has 2 fully saturated rings. The smallest absolute Gasteiger partial charge is 0.220 e. The van der Waals surface area contributed by atoms with E-state index < -0.39 is 10.8 Å². The molecule has 1 unspecified atom stereocenters. The summed E-state index contributed by atoms with van der Waals surface area (Å²) in [6.45, 7) is 0. The summed E-state index contributed by atoms with van der Waals surface area (Å²) in [6, 6.07) is 5.01. The first-order valence-electron chi connectivity index (χ1n) is 11.0. The highest BCUT2D eigenvalue weighted by Crippen LogP contribution is 2.24. The normalized spacial score (nSPS) is 16.8. The first-order chi connectivity index (χ1) is 16.0. The molecule has 0 aliphatic heterocycles. The minimum absolute atomic E-state index is 0.268. The molecule has 2 aromatic heterocycles. The Morgan fingerprint density at radius 1 is 0.909 bits per heavy atom. The summed E-state index contributed by atoms with van der Waals surface area (Å²) in [5.74, 6) is 1.20. The van der Waals surface area contributed by atoms with Gasteiger partial charge in [-0.05, 0) is 31.9 Å². The molecule has 1 atom stereocenters. The fraction of sp³-hybridized carbons (Fsp3) is 0.545. The third kappa shape index (κ3) is 7.11. The van der Waals surface area contributed by atoms with Gasteiger partial charge in [-0.2, -0.15) is 10.5 Å². The molecule has 9 nitrogen and oxygen atoms in total. The Balaban J connectivity index is 0.000000186. The number of hydrogen-bond acceptors (Lipinski definition) is 10. The molecule has 0 bridgehead atoms. The van der Waals surface area contributed by atoms with Crippen LogP contribution in [-0.2, 0) is 10.8 Å². The molecule has 2 saturated carbocycles. The molecule has 2 aliphatic carbocycles. The van der Waals surface area contributed by atoms with Crippen molar-refractivity contribution in [2.24, 2.45) is 0 Å². The van der Waals surface area contributed by atoms with Gasteiger partial charge in [0.1, 0.15) is 34.9 Å². The van der Waals surface area contributed by atoms with E-state index >= 15 is 0 Å². The average molecular weight is 485 g/mol. The molecule has 4 rings (SSSR count). The summed E-state index contributed by atoms with van der Waals surface area (Å²) < 4.78 is 11.3. The van der Waals surface area contributed by atoms with Gasteiger partial charge in [-0.3, -0.25) is 4.21 Å². The van der Waals surface area contributed by atoms with Crippen molar-refractivity contribution in [2.45, 2.75) is 73.8 Å². The van der Waals surface area contributed by atoms with Crippen molar-refractivity contribution < 1.29 is 4.21 Å². The number of nitriles is 2. The molecule has 0 amide bonds. The Morgan fingerprint density at radius 2 is 1.39 bits per heavy atom. The SMILES string of the molecule is CS(=O)c1ncc(C#N)c(NC2CCCC2)n1.CSc1ncc(C#N)c(NC2CCCC2)n1. The minimum atomic E-state index is -1.22. The summed E-state index contributed by atoms with van der Waals surface area (Å²) in [4.78, 5) is 16.5. The third-order valence-corrected chi connectivity index (χ3v) is 6.88. The lowest BCUT2D eigenvalue weighted by molar-refractivity contribution is 0.678. The van der Waals surface area contributed by atoms with Crippen LogP contribution in [0, 0.1) is 22.7 Å². The molecule has 33 heavy (non-hydrogen) atoms. The predicted octanol–water partition coefficient (Wildman–Crippen LogP) is 3.86. The van der Waals surface area contributed by atoms with E-state index in [-0.39, 0.29) is 5.16 Å². The average Bonchev–Trinajstić information content (AvgIpc) is 3.54. The van der Waals surface area contributed by atoms with Crippen LogP contribution in [0.5, 0.6) is 0 Å². The number of anilines is 2. The van der Waals surface area contributed by atoms with Crippen molar-refractivity contribution in [2.75, 3.05) is 23.1 Å². The van der Waals surface area contributed by atoms with Crippen LogP contribution in [0.1, 0.15) is 62.5 Å². The van der Waals surface area contributed by atoms with Gasteiger partial charge in [0.25, 0.3) is 0 Å². The molecule has 2 N–H and O–H groups in total. The van der Waals surface area contributed by atoms with Gasteiger partial charge in [0.15, 0.2) is 5.16 Å². The maximum absolute atomic E-state index is 11.3. The van der Waals surface area contributed by atoms with Gasteiger partial charge in [0.05, 0.1) is 23.2 Å². The lowest BCUT2D eigenvalue weighted by atomic mass is 10.2. The van der Waals surface area contributed by atoms with E-state index in [1.54, 1.807) is 6.20 Å². The Kier molecular flexibility index (Phi) is 9.40. The summed E-state index contributed by atoms with van der Waals surface area (Å²) >= 11 is 1.49. The monoisotopic (exact) mass is 484 g/mol. The molecule has 0 aromatic carbocycles. The van der Waals surface area contributed by atoms with Gasteiger partial charge >= 0.3 is 0 Å². The van der Waals surface area contributed by atoms with Crippen LogP contribution in [-0.4, -0.2) is 48.7 Å². The topological polar surface area (TPSA) is 140 Å². The maximum atomic E-state index is 11.3. The van der Waals surface area contributed by atoms with E-state index in [2.05, 4.69) is 36.6 Å². The number of nitrogens with zero attached hydrogens (tertiary/aromatic N) is 6. The first kappa shape index (κ1) is 24.9. The zero-order chi connectivity index (χ0) is 23.6. The molecule has 174 valence electrons. The highest BCUT2D eigenvalue weighted by atomic mass is 32.2. The molecule has 11 heteroatoms. The molecule has 0 spiro atoms. The molecule has 2 heterocycles. The van der Waals surface area contributed by atoms with Gasteiger partial charge in [-0.1, -0.05) is 37.4 Å². The predicted molar refractivity (Wildman–Crippen MR) is 129 cm³/mol. The fourth-order valence-electron chi connectivity index (χ4n) is 3.88. The molecule has 0 radical (unpaired) electrons. The molecule has 2 aliphatic rings. The Hall–Kier alpha value is -2.76. The first-order valence-corrected chi connectivity index (χ1v) is 13.8. The number of hydrogen-bond donors (Lipinski definition) is 2. The summed E-state index contributed by atoms with van der Waals surface area (Å²) in [5.41, 5.74) is 0.941. The van der Waals surface area contributed by atoms with Gasteiger partial charge in [-0.25, -0.2) is 19.9 Å². The van der Waals surface area contributed by atoms with Crippen molar-refractivity contribution >= 4 is 34.2 Å². The van der Waals surface area contributed by atoms with Crippen LogP contribution in [0.3, 0.4) is 0 Å². The Morgan fingerprint density at radius 3 is 1.85 bits per heavy atom. The zero-order valence-corrected chi connectivity index (χ0v) is 20.5. The number of thioether (sulfide) groups is 1. The van der Waals surface area contributed by atoms with Gasteiger partial charge in [-0.15, -0.1) is 0 Å². The Labute approximate surface area is 201 Å². The molecular weight excluding hydrogens is 456 g/mol. The van der Waals surface area contributed by atoms with E-state index in [1.807, 2.05) is 12.3 Å². The van der Waals surface area contributed by atoms with Crippen LogP contribution >= 0.6 is 11.8 Å². The van der Waals surface area contributed by atoms with Crippen molar-refractivity contribution in [3.63, 3.8) is 0 Å². The van der Waals surface area contributed by atoms with Gasteiger partial charge in [0, 0.05) is 18.3 Å². The standard InChI is InChI=1S/C11H14N4OS.C11H14N4S/c1-17(16)11-13-7-8(6-12)10(15-11)14-9-4-2-3-5-9;1-16-11-13-7-8(6-12)10(15-11)14-9-4-2-3-5-9/h7,9H,2-5H2,1H3,(H,13,14,15);7,9H,2-5H2,1H3,(H,13,14,15). The van der Waals surface area contributed by atoms with E-state index in [1.165, 1.54) is 62.7 Å². The second-order valence-corrected chi connectivity index (χ2v) is 10.0. The maximum Gasteiger partial charge on any atom is 0.220 e. The van der Waals surface area contributed by atoms with Gasteiger partial charge < -0.3 is 10.6 Å². The molecule has 2 aromatic rings. The molecule has 0 saturated heterocycles. The van der Waals surface area contributed by atoms with E-state index in [0.717, 1.165) is 12.8 Å². The molecular formula is C22H28N8OS2. The largest absolute Gasteiger partial charge is 0.366 e. The van der Waals surface area contributed by atoms with Crippen molar-refractivity contribution in [1.82, 2.24) is 19.9 Å². The number of aromatic nitrogens is 4. The Bertz CT molecular complexity index is 1050.